The van der Waals surface area contributed by atoms with E-state index in [2.05, 4.69) is 250 Å². The lowest BCUT2D eigenvalue weighted by Gasteiger charge is -2.36. The Hall–Kier alpha value is -8.20. The molecule has 0 amide bonds. The van der Waals surface area contributed by atoms with E-state index in [9.17, 15) is 0 Å². The van der Waals surface area contributed by atoms with E-state index in [1.54, 1.807) is 0 Å². The third-order valence-corrected chi connectivity index (χ3v) is 14.9. The van der Waals surface area contributed by atoms with Gasteiger partial charge in [0.15, 0.2) is 0 Å². The van der Waals surface area contributed by atoms with Crippen molar-refractivity contribution in [2.75, 3.05) is 4.90 Å². The average molecular weight is 858 g/mol. The quantitative estimate of drug-likeness (QED) is 0.159. The largest absolute Gasteiger partial charge is 0.455 e. The van der Waals surface area contributed by atoms with Gasteiger partial charge in [-0.15, -0.1) is 0 Å². The molecule has 10 aromatic carbocycles. The van der Waals surface area contributed by atoms with Crippen molar-refractivity contribution >= 4 is 39.0 Å². The highest BCUT2D eigenvalue weighted by atomic mass is 16.3. The van der Waals surface area contributed by atoms with Gasteiger partial charge in [-0.05, 0) is 127 Å². The van der Waals surface area contributed by atoms with Gasteiger partial charge in [-0.3, -0.25) is 0 Å². The molecule has 13 rings (SSSR count). The summed E-state index contributed by atoms with van der Waals surface area (Å²) in [6.07, 6.45) is 0. The Balaban J connectivity index is 1.000. The molecule has 67 heavy (non-hydrogen) atoms. The standard InChI is InChI=1S/C65H47NO/c1-42-17-7-11-26-56(42)65(45-18-5-4-6-19-45)58-28-13-8-20-51(58)52-40-39-48(41-60(52)65)66(47-37-33-44(34-38-47)50-24-15-25-54-53-21-10-14-30-61(53)67-63(50)54)46-35-31-43(32-36-46)49-23-16-29-59-62(49)55-22-9-12-27-57(55)64(59,2)3/h4-41H,1-3H3. The minimum atomic E-state index is -0.531. The Morgan fingerprint density at radius 1 is 0.373 bits per heavy atom. The van der Waals surface area contributed by atoms with Gasteiger partial charge in [0.25, 0.3) is 0 Å². The molecule has 2 heteroatoms. The monoisotopic (exact) mass is 857 g/mol. The smallest absolute Gasteiger partial charge is 0.143 e. The highest BCUT2D eigenvalue weighted by molar-refractivity contribution is 6.09. The molecule has 0 bridgehead atoms. The SMILES string of the molecule is Cc1ccccc1C1(c2ccccc2)c2ccccc2-c2ccc(N(c3ccc(-c4cccc5c4-c4ccccc4C5(C)C)cc3)c3ccc(-c4cccc5c4oc4ccccc45)cc3)cc21. The van der Waals surface area contributed by atoms with E-state index in [4.69, 9.17) is 4.42 Å². The highest BCUT2D eigenvalue weighted by Crippen LogP contribution is 2.58. The van der Waals surface area contributed by atoms with Crippen LogP contribution in [0.4, 0.5) is 17.1 Å². The maximum Gasteiger partial charge on any atom is 0.143 e. The van der Waals surface area contributed by atoms with Crippen LogP contribution in [-0.2, 0) is 10.8 Å². The Morgan fingerprint density at radius 2 is 0.910 bits per heavy atom. The first kappa shape index (κ1) is 39.2. The van der Waals surface area contributed by atoms with Crippen LogP contribution in [0.15, 0.2) is 235 Å². The zero-order valence-electron chi connectivity index (χ0n) is 37.8. The molecule has 318 valence electrons. The molecule has 2 aliphatic carbocycles. The number of nitrogens with zero attached hydrogens (tertiary/aromatic N) is 1. The summed E-state index contributed by atoms with van der Waals surface area (Å²) in [6.45, 7) is 6.96. The molecule has 0 aliphatic heterocycles. The predicted octanol–water partition coefficient (Wildman–Crippen LogP) is 17.4. The Bertz CT molecular complexity index is 3730. The molecule has 0 N–H and O–H groups in total. The van der Waals surface area contributed by atoms with Crippen molar-refractivity contribution in [2.45, 2.75) is 31.6 Å². The first-order valence-electron chi connectivity index (χ1n) is 23.4. The van der Waals surface area contributed by atoms with Crippen molar-refractivity contribution in [1.29, 1.82) is 0 Å². The number of para-hydroxylation sites is 2. The number of furan rings is 1. The topological polar surface area (TPSA) is 16.4 Å². The summed E-state index contributed by atoms with van der Waals surface area (Å²) in [5.74, 6) is 0. The molecule has 1 atom stereocenters. The fraction of sp³-hybridized carbons (Fsp3) is 0.0769. The van der Waals surface area contributed by atoms with Crippen LogP contribution in [0.2, 0.25) is 0 Å². The first-order valence-corrected chi connectivity index (χ1v) is 23.4. The minimum absolute atomic E-state index is 0.0682. The van der Waals surface area contributed by atoms with E-state index in [1.165, 1.54) is 72.3 Å². The normalized spacial score (nSPS) is 15.3. The molecule has 0 saturated heterocycles. The second-order valence-electron chi connectivity index (χ2n) is 18.8. The molecule has 11 aromatic rings. The Morgan fingerprint density at radius 3 is 1.67 bits per heavy atom. The van der Waals surface area contributed by atoms with Crippen LogP contribution in [-0.4, -0.2) is 0 Å². The van der Waals surface area contributed by atoms with Crippen LogP contribution >= 0.6 is 0 Å². The van der Waals surface area contributed by atoms with Crippen molar-refractivity contribution in [3.8, 4) is 44.5 Å². The third-order valence-electron chi connectivity index (χ3n) is 14.9. The molecular formula is C65H47NO. The van der Waals surface area contributed by atoms with Crippen LogP contribution in [0.25, 0.3) is 66.4 Å². The van der Waals surface area contributed by atoms with Gasteiger partial charge < -0.3 is 9.32 Å². The lowest BCUT2D eigenvalue weighted by Crippen LogP contribution is -2.29. The molecule has 2 nitrogen and oxygen atoms in total. The van der Waals surface area contributed by atoms with Gasteiger partial charge in [-0.1, -0.05) is 202 Å². The maximum absolute atomic E-state index is 6.52. The molecule has 0 fully saturated rings. The van der Waals surface area contributed by atoms with E-state index < -0.39 is 5.41 Å². The molecule has 2 aliphatic rings. The Labute approximate surface area is 392 Å². The summed E-state index contributed by atoms with van der Waals surface area (Å²) in [5.41, 5.74) is 23.5. The van der Waals surface area contributed by atoms with Crippen LogP contribution in [0.5, 0.6) is 0 Å². The van der Waals surface area contributed by atoms with Gasteiger partial charge in [-0.25, -0.2) is 0 Å². The van der Waals surface area contributed by atoms with E-state index in [1.807, 2.05) is 6.07 Å². The molecule has 1 aromatic heterocycles. The first-order chi connectivity index (χ1) is 32.9. The summed E-state index contributed by atoms with van der Waals surface area (Å²) >= 11 is 0. The Kier molecular flexibility index (Phi) is 8.73. The van der Waals surface area contributed by atoms with Gasteiger partial charge in [-0.2, -0.15) is 0 Å². The number of anilines is 3. The fourth-order valence-corrected chi connectivity index (χ4v) is 11.8. The average Bonchev–Trinajstić information content (AvgIpc) is 3.99. The summed E-state index contributed by atoms with van der Waals surface area (Å²) in [7, 11) is 0. The molecule has 1 heterocycles. The van der Waals surface area contributed by atoms with E-state index >= 15 is 0 Å². The zero-order chi connectivity index (χ0) is 44.9. The van der Waals surface area contributed by atoms with E-state index in [0.29, 0.717) is 0 Å². The van der Waals surface area contributed by atoms with Crippen molar-refractivity contribution in [3.63, 3.8) is 0 Å². The number of hydrogen-bond donors (Lipinski definition) is 0. The molecule has 1 unspecified atom stereocenters. The lowest BCUT2D eigenvalue weighted by molar-refractivity contribution is 0.660. The number of hydrogen-bond acceptors (Lipinski definition) is 2. The number of aryl methyl sites for hydroxylation is 1. The highest BCUT2D eigenvalue weighted by Gasteiger charge is 2.47. The van der Waals surface area contributed by atoms with Crippen LogP contribution in [0.1, 0.15) is 52.8 Å². The molecule has 0 radical (unpaired) electrons. The van der Waals surface area contributed by atoms with Gasteiger partial charge in [0.05, 0.1) is 5.41 Å². The predicted molar refractivity (Wildman–Crippen MR) is 279 cm³/mol. The number of benzene rings is 10. The third kappa shape index (κ3) is 5.76. The van der Waals surface area contributed by atoms with Crippen LogP contribution < -0.4 is 4.90 Å². The van der Waals surface area contributed by atoms with Crippen molar-refractivity contribution in [3.05, 3.63) is 269 Å². The van der Waals surface area contributed by atoms with Crippen molar-refractivity contribution < 1.29 is 4.42 Å². The number of rotatable bonds is 7. The van der Waals surface area contributed by atoms with Gasteiger partial charge in [0.2, 0.25) is 0 Å². The summed E-state index contributed by atoms with van der Waals surface area (Å²) in [4.78, 5) is 2.43. The lowest BCUT2D eigenvalue weighted by atomic mass is 9.66. The minimum Gasteiger partial charge on any atom is -0.455 e. The van der Waals surface area contributed by atoms with Crippen LogP contribution in [0.3, 0.4) is 0 Å². The molecule has 0 saturated carbocycles. The van der Waals surface area contributed by atoms with Gasteiger partial charge in [0.1, 0.15) is 11.2 Å². The summed E-state index contributed by atoms with van der Waals surface area (Å²) in [6, 6.07) is 85.0. The molecule has 0 spiro atoms. The van der Waals surface area contributed by atoms with Crippen LogP contribution in [0, 0.1) is 6.92 Å². The maximum atomic E-state index is 6.52. The summed E-state index contributed by atoms with van der Waals surface area (Å²) < 4.78 is 6.52. The van der Waals surface area contributed by atoms with E-state index in [0.717, 1.165) is 50.1 Å². The van der Waals surface area contributed by atoms with Gasteiger partial charge in [0, 0.05) is 38.8 Å². The van der Waals surface area contributed by atoms with E-state index in [-0.39, 0.29) is 5.41 Å². The van der Waals surface area contributed by atoms with Gasteiger partial charge >= 0.3 is 0 Å². The fourth-order valence-electron chi connectivity index (χ4n) is 11.8. The van der Waals surface area contributed by atoms with Crippen molar-refractivity contribution in [2.24, 2.45) is 0 Å². The number of fused-ring (bicyclic) bond motifs is 9. The molecular weight excluding hydrogens is 811 g/mol. The summed E-state index contributed by atoms with van der Waals surface area (Å²) in [5, 5.41) is 2.26. The second kappa shape index (κ2) is 14.9. The second-order valence-corrected chi connectivity index (χ2v) is 18.8. The zero-order valence-corrected chi connectivity index (χ0v) is 37.8. The van der Waals surface area contributed by atoms with Crippen molar-refractivity contribution in [1.82, 2.24) is 0 Å².